The van der Waals surface area contributed by atoms with Crippen LogP contribution in [-0.4, -0.2) is 48.1 Å². The van der Waals surface area contributed by atoms with Crippen molar-refractivity contribution < 1.29 is 4.79 Å². The maximum absolute atomic E-state index is 12.0. The summed E-state index contributed by atoms with van der Waals surface area (Å²) in [6.07, 6.45) is 2.62. The summed E-state index contributed by atoms with van der Waals surface area (Å²) in [5.41, 5.74) is 2.08. The van der Waals surface area contributed by atoms with E-state index in [1.54, 1.807) is 0 Å². The molecule has 2 amide bonds. The molecule has 0 spiro atoms. The molecule has 102 valence electrons. The third kappa shape index (κ3) is 2.73. The van der Waals surface area contributed by atoms with Crippen LogP contribution in [-0.2, 0) is 0 Å². The molecule has 1 aromatic rings. The molecular weight excluding hydrogens is 238 g/mol. The van der Waals surface area contributed by atoms with E-state index >= 15 is 0 Å². The third-order valence-electron chi connectivity index (χ3n) is 4.11. The van der Waals surface area contributed by atoms with E-state index in [1.807, 2.05) is 36.1 Å². The van der Waals surface area contributed by atoms with Gasteiger partial charge < -0.3 is 10.2 Å². The van der Waals surface area contributed by atoms with Crippen LogP contribution in [0.15, 0.2) is 24.3 Å². The normalized spacial score (nSPS) is 20.4. The molecular formula is C15H21N3O. The molecule has 2 heterocycles. The van der Waals surface area contributed by atoms with E-state index in [-0.39, 0.29) is 6.03 Å². The SMILES string of the molecule is Cc1ccc(NC(=O)N2CC(N3CCCC3)C2)cc1. The lowest BCUT2D eigenvalue weighted by atomic mass is 10.1. The summed E-state index contributed by atoms with van der Waals surface area (Å²) in [5.74, 6) is 0. The molecule has 2 aliphatic rings. The number of rotatable bonds is 2. The minimum absolute atomic E-state index is 0.0271. The van der Waals surface area contributed by atoms with E-state index in [2.05, 4.69) is 10.2 Å². The molecule has 0 unspecified atom stereocenters. The molecule has 4 nitrogen and oxygen atoms in total. The van der Waals surface area contributed by atoms with Gasteiger partial charge in [0.05, 0.1) is 0 Å². The summed E-state index contributed by atoms with van der Waals surface area (Å²) in [6, 6.07) is 8.54. The van der Waals surface area contributed by atoms with Crippen LogP contribution in [0.3, 0.4) is 0 Å². The molecule has 0 bridgehead atoms. The topological polar surface area (TPSA) is 35.6 Å². The Hall–Kier alpha value is -1.55. The minimum atomic E-state index is 0.0271. The van der Waals surface area contributed by atoms with E-state index in [1.165, 1.54) is 31.5 Å². The predicted molar refractivity (Wildman–Crippen MR) is 76.4 cm³/mol. The lowest BCUT2D eigenvalue weighted by molar-refractivity contribution is 0.0776. The van der Waals surface area contributed by atoms with Gasteiger partial charge in [-0.2, -0.15) is 0 Å². The largest absolute Gasteiger partial charge is 0.321 e. The maximum atomic E-state index is 12.0. The Bertz CT molecular complexity index is 445. The molecule has 0 atom stereocenters. The fourth-order valence-corrected chi connectivity index (χ4v) is 2.80. The zero-order valence-corrected chi connectivity index (χ0v) is 11.4. The first-order valence-corrected chi connectivity index (χ1v) is 7.09. The minimum Gasteiger partial charge on any atom is -0.321 e. The van der Waals surface area contributed by atoms with Gasteiger partial charge in [-0.1, -0.05) is 17.7 Å². The average Bonchev–Trinajstić information content (AvgIpc) is 2.84. The molecule has 2 saturated heterocycles. The molecule has 0 aliphatic carbocycles. The number of carbonyl (C=O) groups is 1. The first kappa shape index (κ1) is 12.5. The van der Waals surface area contributed by atoms with Crippen molar-refractivity contribution in [3.05, 3.63) is 29.8 Å². The zero-order valence-electron chi connectivity index (χ0n) is 11.4. The second-order valence-electron chi connectivity index (χ2n) is 5.60. The second-order valence-corrected chi connectivity index (χ2v) is 5.60. The Labute approximate surface area is 114 Å². The van der Waals surface area contributed by atoms with Crippen LogP contribution in [0.4, 0.5) is 10.5 Å². The number of urea groups is 1. The molecule has 3 rings (SSSR count). The number of nitrogens with zero attached hydrogens (tertiary/aromatic N) is 2. The van der Waals surface area contributed by atoms with Gasteiger partial charge in [0.1, 0.15) is 0 Å². The summed E-state index contributed by atoms with van der Waals surface area (Å²) in [7, 11) is 0. The number of hydrogen-bond donors (Lipinski definition) is 1. The fourth-order valence-electron chi connectivity index (χ4n) is 2.80. The van der Waals surface area contributed by atoms with Crippen molar-refractivity contribution in [2.45, 2.75) is 25.8 Å². The third-order valence-corrected chi connectivity index (χ3v) is 4.11. The smallest absolute Gasteiger partial charge is 0.321 e. The fraction of sp³-hybridized carbons (Fsp3) is 0.533. The van der Waals surface area contributed by atoms with Crippen molar-refractivity contribution in [1.82, 2.24) is 9.80 Å². The van der Waals surface area contributed by atoms with Crippen LogP contribution < -0.4 is 5.32 Å². The van der Waals surface area contributed by atoms with E-state index < -0.39 is 0 Å². The average molecular weight is 259 g/mol. The van der Waals surface area contributed by atoms with Crippen molar-refractivity contribution in [1.29, 1.82) is 0 Å². The summed E-state index contributed by atoms with van der Waals surface area (Å²) in [6.45, 7) is 6.20. The van der Waals surface area contributed by atoms with Crippen molar-refractivity contribution in [3.63, 3.8) is 0 Å². The highest BCUT2D eigenvalue weighted by Gasteiger charge is 2.35. The number of hydrogen-bond acceptors (Lipinski definition) is 2. The highest BCUT2D eigenvalue weighted by Crippen LogP contribution is 2.21. The maximum Gasteiger partial charge on any atom is 0.321 e. The number of carbonyl (C=O) groups excluding carboxylic acids is 1. The first-order chi connectivity index (χ1) is 9.22. The van der Waals surface area contributed by atoms with Crippen LogP contribution in [0, 0.1) is 6.92 Å². The summed E-state index contributed by atoms with van der Waals surface area (Å²) < 4.78 is 0. The van der Waals surface area contributed by atoms with E-state index in [0.717, 1.165) is 18.8 Å². The molecule has 2 aliphatic heterocycles. The summed E-state index contributed by atoms with van der Waals surface area (Å²) in [5, 5.41) is 2.95. The second kappa shape index (κ2) is 5.21. The lowest BCUT2D eigenvalue weighted by Gasteiger charge is -2.43. The molecule has 1 N–H and O–H groups in total. The van der Waals surface area contributed by atoms with E-state index in [9.17, 15) is 4.79 Å². The zero-order chi connectivity index (χ0) is 13.2. The number of nitrogens with one attached hydrogen (secondary N) is 1. The summed E-state index contributed by atoms with van der Waals surface area (Å²) in [4.78, 5) is 16.4. The molecule has 19 heavy (non-hydrogen) atoms. The number of benzene rings is 1. The monoisotopic (exact) mass is 259 g/mol. The van der Waals surface area contributed by atoms with E-state index in [0.29, 0.717) is 6.04 Å². The number of anilines is 1. The van der Waals surface area contributed by atoms with Gasteiger partial charge >= 0.3 is 6.03 Å². The van der Waals surface area contributed by atoms with Gasteiger partial charge in [-0.25, -0.2) is 4.79 Å². The Morgan fingerprint density at radius 2 is 1.79 bits per heavy atom. The van der Waals surface area contributed by atoms with Gasteiger partial charge in [-0.05, 0) is 45.0 Å². The molecule has 2 fully saturated rings. The Morgan fingerprint density at radius 3 is 2.42 bits per heavy atom. The van der Waals surface area contributed by atoms with E-state index in [4.69, 9.17) is 0 Å². The van der Waals surface area contributed by atoms with Gasteiger partial charge in [0.2, 0.25) is 0 Å². The van der Waals surface area contributed by atoms with Crippen LogP contribution in [0.25, 0.3) is 0 Å². The quantitative estimate of drug-likeness (QED) is 0.884. The van der Waals surface area contributed by atoms with Crippen molar-refractivity contribution in [2.24, 2.45) is 0 Å². The highest BCUT2D eigenvalue weighted by atomic mass is 16.2. The number of likely N-dealkylation sites (tertiary alicyclic amines) is 2. The van der Waals surface area contributed by atoms with Crippen LogP contribution in [0.5, 0.6) is 0 Å². The molecule has 0 radical (unpaired) electrons. The Morgan fingerprint density at radius 1 is 1.16 bits per heavy atom. The van der Waals surface area contributed by atoms with Gasteiger partial charge in [-0.15, -0.1) is 0 Å². The highest BCUT2D eigenvalue weighted by molar-refractivity contribution is 5.89. The van der Waals surface area contributed by atoms with Crippen molar-refractivity contribution in [2.75, 3.05) is 31.5 Å². The molecule has 1 aromatic carbocycles. The lowest BCUT2D eigenvalue weighted by Crippen LogP contribution is -2.61. The standard InChI is InChI=1S/C15H21N3O/c1-12-4-6-13(7-5-12)16-15(19)18-10-14(11-18)17-8-2-3-9-17/h4-7,14H,2-3,8-11H2,1H3,(H,16,19). The Balaban J connectivity index is 1.48. The van der Waals surface area contributed by atoms with Crippen LogP contribution >= 0.6 is 0 Å². The van der Waals surface area contributed by atoms with Crippen LogP contribution in [0.1, 0.15) is 18.4 Å². The summed E-state index contributed by atoms with van der Waals surface area (Å²) >= 11 is 0. The van der Waals surface area contributed by atoms with Gasteiger partial charge in [0, 0.05) is 24.8 Å². The first-order valence-electron chi connectivity index (χ1n) is 7.09. The number of amides is 2. The van der Waals surface area contributed by atoms with Crippen LogP contribution in [0.2, 0.25) is 0 Å². The predicted octanol–water partition coefficient (Wildman–Crippen LogP) is 2.31. The molecule has 4 heteroatoms. The molecule has 0 aromatic heterocycles. The van der Waals surface area contributed by atoms with Crippen molar-refractivity contribution in [3.8, 4) is 0 Å². The molecule has 0 saturated carbocycles. The number of aryl methyl sites for hydroxylation is 1. The van der Waals surface area contributed by atoms with Gasteiger partial charge in [-0.3, -0.25) is 4.90 Å². The Kier molecular flexibility index (Phi) is 3.42. The van der Waals surface area contributed by atoms with Gasteiger partial charge in [0.25, 0.3) is 0 Å². The van der Waals surface area contributed by atoms with Crippen molar-refractivity contribution >= 4 is 11.7 Å². The van der Waals surface area contributed by atoms with Gasteiger partial charge in [0.15, 0.2) is 0 Å².